The van der Waals surface area contributed by atoms with Crippen LogP contribution in [0.15, 0.2) is 30.3 Å². The number of hydrogen-bond acceptors (Lipinski definition) is 2. The Balaban J connectivity index is 0.000000181. The second-order valence-electron chi connectivity index (χ2n) is 4.03. The molecule has 2 aromatic rings. The van der Waals surface area contributed by atoms with E-state index in [-0.39, 0.29) is 5.69 Å². The van der Waals surface area contributed by atoms with Gasteiger partial charge in [0.05, 0.1) is 0 Å². The van der Waals surface area contributed by atoms with Crippen molar-refractivity contribution < 1.29 is 9.90 Å². The van der Waals surface area contributed by atoms with Gasteiger partial charge in [-0.05, 0) is 38.1 Å². The van der Waals surface area contributed by atoms with E-state index >= 15 is 0 Å². The van der Waals surface area contributed by atoms with Crippen molar-refractivity contribution in [2.75, 3.05) is 13.1 Å². The quantitative estimate of drug-likeness (QED) is 0.706. The predicted molar refractivity (Wildman–Crippen MR) is 67.4 cm³/mol. The molecule has 90 valence electrons. The fourth-order valence-corrected chi connectivity index (χ4v) is 1.81. The lowest BCUT2D eigenvalue weighted by Gasteiger charge is -1.84. The van der Waals surface area contributed by atoms with Crippen molar-refractivity contribution >= 4 is 16.9 Å². The van der Waals surface area contributed by atoms with Gasteiger partial charge in [-0.2, -0.15) is 0 Å². The summed E-state index contributed by atoms with van der Waals surface area (Å²) in [4.78, 5) is 13.3. The predicted octanol–water partition coefficient (Wildman–Crippen LogP) is 2.24. The zero-order valence-corrected chi connectivity index (χ0v) is 9.57. The Bertz CT molecular complexity index is 460. The number of rotatable bonds is 1. The van der Waals surface area contributed by atoms with Gasteiger partial charge in [0.2, 0.25) is 0 Å². The number of carboxylic acid groups (broad SMARTS) is 1. The Morgan fingerprint density at radius 1 is 1.18 bits per heavy atom. The Morgan fingerprint density at radius 3 is 2.41 bits per heavy atom. The standard InChI is InChI=1S/C9H7NO2.C4H9N/c11-9(12)8-5-6-3-1-2-4-7(6)10-8;1-2-4-5-3-1/h1-5,10H,(H,11,12);5H,1-4H2. The van der Waals surface area contributed by atoms with Crippen molar-refractivity contribution in [3.05, 3.63) is 36.0 Å². The van der Waals surface area contributed by atoms with Crippen molar-refractivity contribution in [3.8, 4) is 0 Å². The van der Waals surface area contributed by atoms with Crippen LogP contribution in [0.1, 0.15) is 23.3 Å². The Morgan fingerprint density at radius 2 is 1.88 bits per heavy atom. The molecule has 1 saturated heterocycles. The maximum atomic E-state index is 10.5. The molecule has 0 saturated carbocycles. The molecule has 3 N–H and O–H groups in total. The average molecular weight is 232 g/mol. The van der Waals surface area contributed by atoms with Gasteiger partial charge >= 0.3 is 5.97 Å². The Labute approximate surface area is 99.7 Å². The molecule has 2 heterocycles. The van der Waals surface area contributed by atoms with Crippen molar-refractivity contribution in [3.63, 3.8) is 0 Å². The third kappa shape index (κ3) is 3.07. The largest absolute Gasteiger partial charge is 0.477 e. The number of nitrogens with one attached hydrogen (secondary N) is 2. The molecule has 1 aromatic heterocycles. The molecule has 4 nitrogen and oxygen atoms in total. The summed E-state index contributed by atoms with van der Waals surface area (Å²) in [7, 11) is 0. The van der Waals surface area contributed by atoms with E-state index in [9.17, 15) is 4.79 Å². The highest BCUT2D eigenvalue weighted by atomic mass is 16.4. The highest BCUT2D eigenvalue weighted by Gasteiger charge is 2.05. The molecule has 0 unspecified atom stereocenters. The van der Waals surface area contributed by atoms with Gasteiger partial charge in [-0.1, -0.05) is 18.2 Å². The zero-order chi connectivity index (χ0) is 12.1. The molecule has 0 bridgehead atoms. The van der Waals surface area contributed by atoms with Crippen LogP contribution in [-0.2, 0) is 0 Å². The van der Waals surface area contributed by atoms with Crippen LogP contribution in [0.25, 0.3) is 10.9 Å². The first-order chi connectivity index (χ1) is 8.27. The first kappa shape index (κ1) is 11.7. The molecule has 1 fully saturated rings. The molecule has 1 aliphatic heterocycles. The topological polar surface area (TPSA) is 65.1 Å². The van der Waals surface area contributed by atoms with Gasteiger partial charge in [-0.3, -0.25) is 0 Å². The molecule has 0 aliphatic carbocycles. The van der Waals surface area contributed by atoms with Crippen molar-refractivity contribution in [1.82, 2.24) is 10.3 Å². The van der Waals surface area contributed by atoms with Crippen LogP contribution in [0.4, 0.5) is 0 Å². The van der Waals surface area contributed by atoms with Crippen LogP contribution in [0.5, 0.6) is 0 Å². The van der Waals surface area contributed by atoms with E-state index in [1.807, 2.05) is 24.3 Å². The molecule has 4 heteroatoms. The maximum Gasteiger partial charge on any atom is 0.352 e. The highest BCUT2D eigenvalue weighted by molar-refractivity contribution is 5.93. The van der Waals surface area contributed by atoms with Crippen LogP contribution < -0.4 is 5.32 Å². The van der Waals surface area contributed by atoms with E-state index in [0.717, 1.165) is 10.9 Å². The van der Waals surface area contributed by atoms with Crippen LogP contribution in [0, 0.1) is 0 Å². The summed E-state index contributed by atoms with van der Waals surface area (Å²) in [5.41, 5.74) is 1.09. The van der Waals surface area contributed by atoms with Crippen LogP contribution in [-0.4, -0.2) is 29.1 Å². The van der Waals surface area contributed by atoms with Crippen molar-refractivity contribution in [2.24, 2.45) is 0 Å². The number of benzene rings is 1. The van der Waals surface area contributed by atoms with Crippen LogP contribution in [0.2, 0.25) is 0 Å². The molecular formula is C13H16N2O2. The lowest BCUT2D eigenvalue weighted by atomic mass is 10.2. The second-order valence-corrected chi connectivity index (χ2v) is 4.03. The SMILES string of the molecule is C1CCNC1.O=C(O)c1cc2ccccc2[nH]1. The number of para-hydroxylation sites is 1. The first-order valence-corrected chi connectivity index (χ1v) is 5.79. The summed E-state index contributed by atoms with van der Waals surface area (Å²) in [6, 6.07) is 9.09. The molecule has 0 spiro atoms. The van der Waals surface area contributed by atoms with Gasteiger partial charge in [-0.15, -0.1) is 0 Å². The van der Waals surface area contributed by atoms with E-state index in [1.54, 1.807) is 6.07 Å². The molecular weight excluding hydrogens is 216 g/mol. The minimum atomic E-state index is -0.925. The number of hydrogen-bond donors (Lipinski definition) is 3. The molecule has 0 atom stereocenters. The van der Waals surface area contributed by atoms with E-state index in [1.165, 1.54) is 25.9 Å². The third-order valence-corrected chi connectivity index (χ3v) is 2.72. The number of fused-ring (bicyclic) bond motifs is 1. The molecule has 3 rings (SSSR count). The lowest BCUT2D eigenvalue weighted by molar-refractivity contribution is 0.0691. The summed E-state index contributed by atoms with van der Waals surface area (Å²) >= 11 is 0. The fourth-order valence-electron chi connectivity index (χ4n) is 1.81. The van der Waals surface area contributed by atoms with Crippen molar-refractivity contribution in [2.45, 2.75) is 12.8 Å². The summed E-state index contributed by atoms with van der Waals surface area (Å²) in [5.74, 6) is -0.925. The molecule has 0 radical (unpaired) electrons. The molecule has 1 aliphatic rings. The van der Waals surface area contributed by atoms with Crippen LogP contribution in [0.3, 0.4) is 0 Å². The van der Waals surface area contributed by atoms with Gasteiger partial charge in [0.25, 0.3) is 0 Å². The van der Waals surface area contributed by atoms with Crippen LogP contribution >= 0.6 is 0 Å². The van der Waals surface area contributed by atoms with E-state index in [4.69, 9.17) is 5.11 Å². The first-order valence-electron chi connectivity index (χ1n) is 5.79. The van der Waals surface area contributed by atoms with Gasteiger partial charge in [0.15, 0.2) is 0 Å². The normalized spacial score (nSPS) is 14.4. The number of aromatic carboxylic acids is 1. The highest BCUT2D eigenvalue weighted by Crippen LogP contribution is 2.13. The zero-order valence-electron chi connectivity index (χ0n) is 9.57. The smallest absolute Gasteiger partial charge is 0.352 e. The number of H-pyrrole nitrogens is 1. The maximum absolute atomic E-state index is 10.5. The number of aromatic nitrogens is 1. The number of carbonyl (C=O) groups is 1. The summed E-state index contributed by atoms with van der Waals surface area (Å²) in [6.07, 6.45) is 2.78. The molecule has 1 aromatic carbocycles. The monoisotopic (exact) mass is 232 g/mol. The number of aromatic amines is 1. The van der Waals surface area contributed by atoms with E-state index in [0.29, 0.717) is 0 Å². The Kier molecular flexibility index (Phi) is 3.77. The minimum absolute atomic E-state index is 0.233. The third-order valence-electron chi connectivity index (χ3n) is 2.72. The van der Waals surface area contributed by atoms with E-state index < -0.39 is 5.97 Å². The molecule has 0 amide bonds. The van der Waals surface area contributed by atoms with Gasteiger partial charge in [0, 0.05) is 10.9 Å². The van der Waals surface area contributed by atoms with Gasteiger partial charge in [-0.25, -0.2) is 4.79 Å². The van der Waals surface area contributed by atoms with Gasteiger partial charge in [0.1, 0.15) is 5.69 Å². The van der Waals surface area contributed by atoms with Gasteiger partial charge < -0.3 is 15.4 Å². The lowest BCUT2D eigenvalue weighted by Crippen LogP contribution is -2.03. The second kappa shape index (κ2) is 5.50. The fraction of sp³-hybridized carbons (Fsp3) is 0.308. The number of carboxylic acids is 1. The summed E-state index contributed by atoms with van der Waals surface area (Å²) < 4.78 is 0. The summed E-state index contributed by atoms with van der Waals surface area (Å²) in [5, 5.41) is 12.8. The van der Waals surface area contributed by atoms with E-state index in [2.05, 4.69) is 10.3 Å². The minimum Gasteiger partial charge on any atom is -0.477 e. The Hall–Kier alpha value is -1.81. The average Bonchev–Trinajstić information content (AvgIpc) is 3.01. The molecule has 17 heavy (non-hydrogen) atoms. The summed E-state index contributed by atoms with van der Waals surface area (Å²) in [6.45, 7) is 2.50. The van der Waals surface area contributed by atoms with Crippen molar-refractivity contribution in [1.29, 1.82) is 0 Å².